The van der Waals surface area contributed by atoms with E-state index in [0.29, 0.717) is 5.96 Å². The van der Waals surface area contributed by atoms with Gasteiger partial charge in [-0.3, -0.25) is 9.79 Å². The van der Waals surface area contributed by atoms with Gasteiger partial charge in [-0.15, -0.1) is 24.0 Å². The molecule has 0 bridgehead atoms. The molecule has 1 amide bonds. The summed E-state index contributed by atoms with van der Waals surface area (Å²) in [5.74, 6) is 0.636. The molecule has 1 heterocycles. The van der Waals surface area contributed by atoms with Gasteiger partial charge in [-0.1, -0.05) is 0 Å². The summed E-state index contributed by atoms with van der Waals surface area (Å²) in [7, 11) is 3.90. The molecule has 0 spiro atoms. The number of hydrogen-bond donors (Lipinski definition) is 3. The predicted octanol–water partition coefficient (Wildman–Crippen LogP) is 0.322. The molecule has 7 nitrogen and oxygen atoms in total. The Bertz CT molecular complexity index is 397. The van der Waals surface area contributed by atoms with Crippen LogP contribution >= 0.6 is 24.0 Å². The number of nitrogens with one attached hydrogen (secondary N) is 3. The maximum Gasteiger partial charge on any atom is 0.239 e. The highest BCUT2D eigenvalue weighted by Gasteiger charge is 2.14. The fraction of sp³-hybridized carbons (Fsp3) is 0.875. The van der Waals surface area contributed by atoms with Gasteiger partial charge in [-0.25, -0.2) is 0 Å². The Hall–Kier alpha value is -0.610. The summed E-state index contributed by atoms with van der Waals surface area (Å²) in [6, 6.07) is 0. The molecule has 0 atom stereocenters. The lowest BCUT2D eigenvalue weighted by molar-refractivity contribution is -0.121. The Morgan fingerprint density at radius 3 is 2.46 bits per heavy atom. The van der Waals surface area contributed by atoms with Crippen LogP contribution in [0.5, 0.6) is 0 Å². The summed E-state index contributed by atoms with van der Waals surface area (Å²) >= 11 is 0. The zero-order chi connectivity index (χ0) is 17.3. The van der Waals surface area contributed by atoms with Gasteiger partial charge in [0, 0.05) is 38.8 Å². The summed E-state index contributed by atoms with van der Waals surface area (Å²) in [6.07, 6.45) is 1.22. The van der Waals surface area contributed by atoms with Gasteiger partial charge >= 0.3 is 0 Å². The fourth-order valence-electron chi connectivity index (χ4n) is 2.50. The highest BCUT2D eigenvalue weighted by molar-refractivity contribution is 14.0. The second-order valence-corrected chi connectivity index (χ2v) is 7.15. The van der Waals surface area contributed by atoms with Crippen LogP contribution in [0.15, 0.2) is 4.99 Å². The standard InChI is InChI=1S/C16H34N6O.HI/c1-16(2,3)20-14(23)13-19-15(17-4)18-7-10-22-9-6-8-21(5)11-12-22;/h6-13H2,1-5H3,(H,20,23)(H2,17,18,19);1H. The number of amides is 1. The van der Waals surface area contributed by atoms with Crippen LogP contribution in [0, 0.1) is 0 Å². The molecule has 1 aliphatic rings. The van der Waals surface area contributed by atoms with E-state index in [1.165, 1.54) is 13.0 Å². The van der Waals surface area contributed by atoms with Crippen molar-refractivity contribution in [2.24, 2.45) is 4.99 Å². The van der Waals surface area contributed by atoms with Crippen molar-refractivity contribution in [3.05, 3.63) is 0 Å². The Morgan fingerprint density at radius 1 is 1.12 bits per heavy atom. The van der Waals surface area contributed by atoms with Crippen molar-refractivity contribution in [1.82, 2.24) is 25.8 Å². The van der Waals surface area contributed by atoms with Crippen LogP contribution < -0.4 is 16.0 Å². The van der Waals surface area contributed by atoms with Gasteiger partial charge in [0.15, 0.2) is 5.96 Å². The van der Waals surface area contributed by atoms with E-state index in [9.17, 15) is 4.79 Å². The van der Waals surface area contributed by atoms with Crippen molar-refractivity contribution in [2.45, 2.75) is 32.7 Å². The summed E-state index contributed by atoms with van der Waals surface area (Å²) in [4.78, 5) is 20.8. The number of carbonyl (C=O) groups is 1. The van der Waals surface area contributed by atoms with E-state index < -0.39 is 0 Å². The molecule has 1 aliphatic heterocycles. The summed E-state index contributed by atoms with van der Waals surface area (Å²) < 4.78 is 0. The minimum Gasteiger partial charge on any atom is -0.355 e. The highest BCUT2D eigenvalue weighted by Crippen LogP contribution is 2.00. The number of hydrogen-bond acceptors (Lipinski definition) is 4. The van der Waals surface area contributed by atoms with Crippen LogP contribution in [0.4, 0.5) is 0 Å². The number of rotatable bonds is 5. The number of carbonyl (C=O) groups excluding carboxylic acids is 1. The van der Waals surface area contributed by atoms with E-state index in [0.717, 1.165) is 32.7 Å². The minimum atomic E-state index is -0.213. The first kappa shape index (κ1) is 23.4. The molecule has 0 radical (unpaired) electrons. The first-order valence-corrected chi connectivity index (χ1v) is 8.46. The smallest absolute Gasteiger partial charge is 0.239 e. The van der Waals surface area contributed by atoms with Crippen LogP contribution in [0.25, 0.3) is 0 Å². The molecule has 3 N–H and O–H groups in total. The molecular formula is C16H35IN6O. The maximum absolute atomic E-state index is 11.8. The van der Waals surface area contributed by atoms with E-state index in [-0.39, 0.29) is 42.0 Å². The van der Waals surface area contributed by atoms with Gasteiger partial charge in [-0.05, 0) is 47.3 Å². The molecule has 1 saturated heterocycles. The molecule has 0 aromatic carbocycles. The summed E-state index contributed by atoms with van der Waals surface area (Å²) in [6.45, 7) is 12.5. The molecular weight excluding hydrogens is 419 g/mol. The lowest BCUT2D eigenvalue weighted by atomic mass is 10.1. The molecule has 0 aliphatic carbocycles. The largest absolute Gasteiger partial charge is 0.355 e. The van der Waals surface area contributed by atoms with E-state index in [2.05, 4.69) is 37.8 Å². The SMILES string of the molecule is CN=C(NCCN1CCCN(C)CC1)NCC(=O)NC(C)(C)C.I. The Labute approximate surface area is 164 Å². The average molecular weight is 454 g/mol. The summed E-state index contributed by atoms with van der Waals surface area (Å²) in [5.41, 5.74) is -0.213. The van der Waals surface area contributed by atoms with E-state index in [1.807, 2.05) is 20.8 Å². The number of likely N-dealkylation sites (N-methyl/N-ethyl adjacent to an activating group) is 1. The monoisotopic (exact) mass is 454 g/mol. The van der Waals surface area contributed by atoms with E-state index in [1.54, 1.807) is 7.05 Å². The third-order valence-electron chi connectivity index (χ3n) is 3.69. The Balaban J connectivity index is 0.00000529. The van der Waals surface area contributed by atoms with Crippen LogP contribution in [0.3, 0.4) is 0 Å². The van der Waals surface area contributed by atoms with Crippen molar-refractivity contribution in [2.75, 3.05) is 59.9 Å². The van der Waals surface area contributed by atoms with E-state index >= 15 is 0 Å². The number of halogens is 1. The molecule has 142 valence electrons. The Kier molecular flexibility index (Phi) is 11.6. The molecule has 0 aromatic heterocycles. The maximum atomic E-state index is 11.8. The molecule has 8 heteroatoms. The lowest BCUT2D eigenvalue weighted by Gasteiger charge is -2.22. The summed E-state index contributed by atoms with van der Waals surface area (Å²) in [5, 5.41) is 9.24. The van der Waals surface area contributed by atoms with Crippen LogP contribution in [0.1, 0.15) is 27.2 Å². The zero-order valence-corrected chi connectivity index (χ0v) is 18.1. The normalized spacial score (nSPS) is 17.6. The highest BCUT2D eigenvalue weighted by atomic mass is 127. The molecule has 0 aromatic rings. The number of nitrogens with zero attached hydrogens (tertiary/aromatic N) is 3. The second-order valence-electron chi connectivity index (χ2n) is 7.15. The Morgan fingerprint density at radius 2 is 1.83 bits per heavy atom. The van der Waals surface area contributed by atoms with E-state index in [4.69, 9.17) is 0 Å². The number of guanidine groups is 1. The van der Waals surface area contributed by atoms with Crippen molar-refractivity contribution in [3.8, 4) is 0 Å². The molecule has 24 heavy (non-hydrogen) atoms. The van der Waals surface area contributed by atoms with Gasteiger partial charge in [0.05, 0.1) is 6.54 Å². The number of aliphatic imine (C=N–C) groups is 1. The zero-order valence-electron chi connectivity index (χ0n) is 15.8. The third-order valence-corrected chi connectivity index (χ3v) is 3.69. The van der Waals surface area contributed by atoms with Gasteiger partial charge in [0.25, 0.3) is 0 Å². The van der Waals surface area contributed by atoms with Crippen LogP contribution in [-0.4, -0.2) is 87.1 Å². The first-order chi connectivity index (χ1) is 10.8. The van der Waals surface area contributed by atoms with Crippen molar-refractivity contribution < 1.29 is 4.79 Å². The van der Waals surface area contributed by atoms with Crippen molar-refractivity contribution >= 4 is 35.8 Å². The second kappa shape index (κ2) is 11.9. The molecule has 0 saturated carbocycles. The molecule has 0 unspecified atom stereocenters. The van der Waals surface area contributed by atoms with Gasteiger partial charge in [-0.2, -0.15) is 0 Å². The van der Waals surface area contributed by atoms with Crippen LogP contribution in [0.2, 0.25) is 0 Å². The van der Waals surface area contributed by atoms with Gasteiger partial charge in [0.1, 0.15) is 0 Å². The average Bonchev–Trinajstić information content (AvgIpc) is 2.65. The minimum absolute atomic E-state index is 0. The molecule has 1 rings (SSSR count). The molecule has 1 fully saturated rings. The topological polar surface area (TPSA) is 72.0 Å². The van der Waals surface area contributed by atoms with Gasteiger partial charge < -0.3 is 25.8 Å². The van der Waals surface area contributed by atoms with Crippen molar-refractivity contribution in [3.63, 3.8) is 0 Å². The van der Waals surface area contributed by atoms with Crippen LogP contribution in [-0.2, 0) is 4.79 Å². The predicted molar refractivity (Wildman–Crippen MR) is 111 cm³/mol. The van der Waals surface area contributed by atoms with Crippen molar-refractivity contribution in [1.29, 1.82) is 0 Å². The first-order valence-electron chi connectivity index (χ1n) is 8.46. The van der Waals surface area contributed by atoms with Gasteiger partial charge in [0.2, 0.25) is 5.91 Å². The quantitative estimate of drug-likeness (QED) is 0.317. The lowest BCUT2D eigenvalue weighted by Crippen LogP contribution is -2.49. The third kappa shape index (κ3) is 11.0. The fourth-order valence-corrected chi connectivity index (χ4v) is 2.50.